The van der Waals surface area contributed by atoms with E-state index in [0.29, 0.717) is 6.42 Å². The van der Waals surface area contributed by atoms with Crippen LogP contribution in [0.5, 0.6) is 0 Å². The van der Waals surface area contributed by atoms with Crippen molar-refractivity contribution in [3.8, 4) is 0 Å². The molecule has 0 aromatic rings. The molecule has 1 unspecified atom stereocenters. The number of unbranched alkanes of at least 4 members (excludes halogenated alkanes) is 17. The summed E-state index contributed by atoms with van der Waals surface area (Å²) < 4.78 is 35.9. The van der Waals surface area contributed by atoms with Gasteiger partial charge in [0.2, 0.25) is 0 Å². The topological polar surface area (TPSA) is 116 Å². The lowest BCUT2D eigenvalue weighted by Gasteiger charge is -2.15. The van der Waals surface area contributed by atoms with E-state index in [1.807, 2.05) is 0 Å². The summed E-state index contributed by atoms with van der Waals surface area (Å²) in [5, 5.41) is 0. The van der Waals surface area contributed by atoms with Gasteiger partial charge in [0.15, 0.2) is 0 Å². The Labute approximate surface area is 192 Å². The largest absolute Gasteiger partial charge is 0.461 e. The van der Waals surface area contributed by atoms with Gasteiger partial charge in [-0.2, -0.15) is 8.42 Å². The maximum absolute atomic E-state index is 11.0. The summed E-state index contributed by atoms with van der Waals surface area (Å²) in [7, 11) is -4.12. The molecule has 0 saturated carbocycles. The van der Waals surface area contributed by atoms with Crippen molar-refractivity contribution in [3.63, 3.8) is 0 Å². The Hall–Kier alpha value is -0.660. The second kappa shape index (κ2) is 22.5. The molecule has 0 aliphatic rings. The summed E-state index contributed by atoms with van der Waals surface area (Å²) in [5.41, 5.74) is 0. The molecule has 0 rings (SSSR count). The van der Waals surface area contributed by atoms with Gasteiger partial charge in [-0.3, -0.25) is 9.35 Å². The second-order valence-corrected chi connectivity index (χ2v) is 10.3. The zero-order valence-electron chi connectivity index (χ0n) is 20.4. The Kier molecular flexibility index (Phi) is 23.6. The fourth-order valence-corrected chi connectivity index (χ4v) is 4.62. The lowest BCUT2D eigenvalue weighted by atomic mass is 10.0. The van der Waals surface area contributed by atoms with Crippen molar-refractivity contribution in [2.45, 2.75) is 142 Å². The molecular formula is C24H51NO5S. The molecular weight excluding hydrogens is 414 g/mol. The fraction of sp³-hybridized carbons (Fsp3) is 0.958. The number of esters is 1. The molecule has 0 saturated heterocycles. The first-order valence-electron chi connectivity index (χ1n) is 12.5. The smallest absolute Gasteiger partial charge is 0.302 e. The minimum Gasteiger partial charge on any atom is -0.461 e. The van der Waals surface area contributed by atoms with Crippen LogP contribution in [-0.2, 0) is 19.6 Å². The molecule has 0 amide bonds. The minimum absolute atomic E-state index is 0. The van der Waals surface area contributed by atoms with Crippen LogP contribution in [0.1, 0.15) is 136 Å². The number of hydrogen-bond donors (Lipinski definition) is 2. The van der Waals surface area contributed by atoms with Crippen molar-refractivity contribution in [3.05, 3.63) is 0 Å². The van der Waals surface area contributed by atoms with Crippen molar-refractivity contribution in [2.75, 3.05) is 5.75 Å². The highest BCUT2D eigenvalue weighted by atomic mass is 32.2. The number of ether oxygens (including phenoxy) is 1. The van der Waals surface area contributed by atoms with E-state index < -0.39 is 27.9 Å². The third-order valence-electron chi connectivity index (χ3n) is 5.61. The summed E-state index contributed by atoms with van der Waals surface area (Å²) in [6.45, 7) is 3.52. The zero-order valence-corrected chi connectivity index (χ0v) is 21.2. The molecule has 0 heterocycles. The van der Waals surface area contributed by atoms with Gasteiger partial charge in [-0.1, -0.05) is 116 Å². The zero-order chi connectivity index (χ0) is 22.5. The van der Waals surface area contributed by atoms with Gasteiger partial charge in [-0.15, -0.1) is 0 Å². The molecule has 7 heteroatoms. The Morgan fingerprint density at radius 1 is 0.710 bits per heavy atom. The van der Waals surface area contributed by atoms with E-state index in [1.54, 1.807) is 0 Å². The summed E-state index contributed by atoms with van der Waals surface area (Å²) in [6.07, 6.45) is 23.1. The molecule has 4 N–H and O–H groups in total. The van der Waals surface area contributed by atoms with Gasteiger partial charge in [-0.05, 0) is 12.8 Å². The van der Waals surface area contributed by atoms with Crippen molar-refractivity contribution in [2.24, 2.45) is 0 Å². The SMILES string of the molecule is CCCCCCCCCCCCCCCCCCCCC(CS(=O)(=O)O)OC(C)=O.N. The molecule has 0 radical (unpaired) electrons. The first-order valence-corrected chi connectivity index (χ1v) is 14.1. The Morgan fingerprint density at radius 3 is 1.32 bits per heavy atom. The van der Waals surface area contributed by atoms with E-state index in [-0.39, 0.29) is 6.15 Å². The molecule has 0 fully saturated rings. The molecule has 1 atom stereocenters. The summed E-state index contributed by atoms with van der Waals surface area (Å²) >= 11 is 0. The molecule has 0 bridgehead atoms. The van der Waals surface area contributed by atoms with E-state index in [4.69, 9.17) is 9.29 Å². The maximum atomic E-state index is 11.0. The molecule has 0 aliphatic heterocycles. The van der Waals surface area contributed by atoms with E-state index >= 15 is 0 Å². The van der Waals surface area contributed by atoms with Gasteiger partial charge >= 0.3 is 5.97 Å². The normalized spacial score (nSPS) is 12.4. The molecule has 6 nitrogen and oxygen atoms in total. The van der Waals surface area contributed by atoms with Gasteiger partial charge in [-0.25, -0.2) is 0 Å². The van der Waals surface area contributed by atoms with Crippen molar-refractivity contribution >= 4 is 16.1 Å². The minimum atomic E-state index is -4.12. The number of carbonyl (C=O) groups excluding carboxylic acids is 1. The van der Waals surface area contributed by atoms with Crippen LogP contribution in [0.3, 0.4) is 0 Å². The number of rotatable bonds is 22. The predicted octanol–water partition coefficient (Wildman–Crippen LogP) is 7.40. The predicted molar refractivity (Wildman–Crippen MR) is 130 cm³/mol. The van der Waals surface area contributed by atoms with Gasteiger partial charge in [0.05, 0.1) is 0 Å². The molecule has 0 aromatic heterocycles. The van der Waals surface area contributed by atoms with E-state index in [1.165, 1.54) is 103 Å². The van der Waals surface area contributed by atoms with Crippen LogP contribution in [0.25, 0.3) is 0 Å². The average Bonchev–Trinajstić information content (AvgIpc) is 2.65. The summed E-state index contributed by atoms with van der Waals surface area (Å²) in [5.74, 6) is -1.02. The van der Waals surface area contributed by atoms with E-state index in [9.17, 15) is 13.2 Å². The van der Waals surface area contributed by atoms with Crippen molar-refractivity contribution in [1.29, 1.82) is 0 Å². The molecule has 0 aliphatic carbocycles. The van der Waals surface area contributed by atoms with Gasteiger partial charge in [0.25, 0.3) is 10.1 Å². The molecule has 31 heavy (non-hydrogen) atoms. The Balaban J connectivity index is 0. The van der Waals surface area contributed by atoms with Gasteiger partial charge in [0, 0.05) is 6.92 Å². The third kappa shape index (κ3) is 27.3. The highest BCUT2D eigenvalue weighted by molar-refractivity contribution is 7.85. The molecule has 0 spiro atoms. The number of carbonyl (C=O) groups is 1. The van der Waals surface area contributed by atoms with Gasteiger partial charge in [0.1, 0.15) is 11.9 Å². The molecule has 188 valence electrons. The monoisotopic (exact) mass is 465 g/mol. The van der Waals surface area contributed by atoms with Crippen molar-refractivity contribution in [1.82, 2.24) is 6.15 Å². The lowest BCUT2D eigenvalue weighted by Crippen LogP contribution is -2.25. The standard InChI is InChI=1S/C24H48O5S.H3N/c1-3-4-5-6-7-8-9-10-11-12-13-14-15-16-17-18-19-20-21-24(29-23(2)25)22-30(26,27)28;/h24H,3-22H2,1-2H3,(H,26,27,28);1H3. The van der Waals surface area contributed by atoms with E-state index in [2.05, 4.69) is 6.92 Å². The first-order chi connectivity index (χ1) is 14.3. The Morgan fingerprint density at radius 2 is 1.03 bits per heavy atom. The number of hydrogen-bond acceptors (Lipinski definition) is 5. The van der Waals surface area contributed by atoms with Gasteiger partial charge < -0.3 is 10.9 Å². The van der Waals surface area contributed by atoms with Crippen LogP contribution in [-0.4, -0.2) is 30.8 Å². The quantitative estimate of drug-likeness (QED) is 0.0977. The first kappa shape index (κ1) is 32.5. The molecule has 0 aromatic carbocycles. The average molecular weight is 466 g/mol. The van der Waals surface area contributed by atoms with Crippen LogP contribution in [0, 0.1) is 0 Å². The Bertz CT molecular complexity index is 496. The maximum Gasteiger partial charge on any atom is 0.302 e. The van der Waals surface area contributed by atoms with E-state index in [0.717, 1.165) is 19.3 Å². The summed E-state index contributed by atoms with van der Waals surface area (Å²) in [4.78, 5) is 11.0. The summed E-state index contributed by atoms with van der Waals surface area (Å²) in [6, 6.07) is 0. The van der Waals surface area contributed by atoms with Crippen LogP contribution in [0.4, 0.5) is 0 Å². The third-order valence-corrected chi connectivity index (χ3v) is 6.40. The second-order valence-electron chi connectivity index (χ2n) is 8.78. The van der Waals surface area contributed by atoms with Crippen LogP contribution in [0.15, 0.2) is 0 Å². The van der Waals surface area contributed by atoms with Crippen molar-refractivity contribution < 1.29 is 22.5 Å². The highest BCUT2D eigenvalue weighted by Crippen LogP contribution is 2.15. The lowest BCUT2D eigenvalue weighted by molar-refractivity contribution is -0.145. The van der Waals surface area contributed by atoms with Crippen LogP contribution in [0.2, 0.25) is 0 Å². The highest BCUT2D eigenvalue weighted by Gasteiger charge is 2.19. The van der Waals surface area contributed by atoms with Crippen LogP contribution >= 0.6 is 0 Å². The van der Waals surface area contributed by atoms with Crippen LogP contribution < -0.4 is 6.15 Å². The fourth-order valence-electron chi connectivity index (χ4n) is 3.92.